The molecule has 2 aliphatic rings. The van der Waals surface area contributed by atoms with Crippen LogP contribution in [0.1, 0.15) is 55.5 Å². The Morgan fingerprint density at radius 3 is 2.42 bits per heavy atom. The molecule has 0 amide bonds. The summed E-state index contributed by atoms with van der Waals surface area (Å²) < 4.78 is 22.9. The highest BCUT2D eigenvalue weighted by atomic mass is 16.5. The Labute approximate surface area is 193 Å². The maximum Gasteiger partial charge on any atom is 0.338 e. The third-order valence-electron chi connectivity index (χ3n) is 6.50. The summed E-state index contributed by atoms with van der Waals surface area (Å²) in [5.74, 6) is 0.466. The first-order valence-electron chi connectivity index (χ1n) is 11.1. The summed E-state index contributed by atoms with van der Waals surface area (Å²) in [5, 5.41) is 9.26. The van der Waals surface area contributed by atoms with Gasteiger partial charge in [0.2, 0.25) is 5.75 Å². The molecule has 0 radical (unpaired) electrons. The number of methoxy groups -OCH3 is 2. The molecule has 0 unspecified atom stereocenters. The fourth-order valence-electron chi connectivity index (χ4n) is 4.92. The fourth-order valence-corrected chi connectivity index (χ4v) is 4.92. The summed E-state index contributed by atoms with van der Waals surface area (Å²) >= 11 is 0. The van der Waals surface area contributed by atoms with Crippen LogP contribution in [0, 0.1) is 10.8 Å². The highest BCUT2D eigenvalue weighted by Crippen LogP contribution is 2.55. The summed E-state index contributed by atoms with van der Waals surface area (Å²) in [7, 11) is 3.14. The summed E-state index contributed by atoms with van der Waals surface area (Å²) in [6, 6.07) is 9.26. The Morgan fingerprint density at radius 2 is 1.79 bits per heavy atom. The minimum absolute atomic E-state index is 0.0674. The van der Waals surface area contributed by atoms with E-state index in [9.17, 15) is 14.7 Å². The van der Waals surface area contributed by atoms with E-state index in [-0.39, 0.29) is 29.8 Å². The lowest BCUT2D eigenvalue weighted by Crippen LogP contribution is -2.25. The molecular formula is C26H30O7. The number of ether oxygens (including phenoxy) is 4. The zero-order chi connectivity index (χ0) is 23.8. The Bertz CT molecular complexity index is 1080. The van der Waals surface area contributed by atoms with Crippen LogP contribution in [0.15, 0.2) is 30.3 Å². The van der Waals surface area contributed by atoms with E-state index in [1.54, 1.807) is 20.3 Å². The first kappa shape index (κ1) is 23.0. The average Bonchev–Trinajstić information content (AvgIpc) is 3.41. The van der Waals surface area contributed by atoms with Crippen molar-refractivity contribution in [1.29, 1.82) is 0 Å². The molecule has 0 bridgehead atoms. The lowest BCUT2D eigenvalue weighted by atomic mass is 9.78. The third-order valence-corrected chi connectivity index (χ3v) is 6.50. The van der Waals surface area contributed by atoms with Crippen LogP contribution in [-0.4, -0.2) is 37.9 Å². The number of carbonyl (C=O) groups is 2. The van der Waals surface area contributed by atoms with Gasteiger partial charge in [0.15, 0.2) is 11.5 Å². The zero-order valence-corrected chi connectivity index (χ0v) is 19.5. The predicted octanol–water partition coefficient (Wildman–Crippen LogP) is 5.09. The van der Waals surface area contributed by atoms with Gasteiger partial charge in [-0.25, -0.2) is 4.79 Å². The van der Waals surface area contributed by atoms with E-state index in [1.807, 2.05) is 38.1 Å². The van der Waals surface area contributed by atoms with E-state index in [4.69, 9.17) is 18.9 Å². The number of fused-ring (bicyclic) bond motifs is 1. The molecule has 0 spiro atoms. The van der Waals surface area contributed by atoms with Gasteiger partial charge in [-0.15, -0.1) is 0 Å². The average molecular weight is 455 g/mol. The second-order valence-electron chi connectivity index (χ2n) is 9.79. The van der Waals surface area contributed by atoms with E-state index in [2.05, 4.69) is 0 Å². The van der Waals surface area contributed by atoms with Gasteiger partial charge in [-0.2, -0.15) is 0 Å². The lowest BCUT2D eigenvalue weighted by Gasteiger charge is -2.29. The maximum atomic E-state index is 12.1. The Hall–Kier alpha value is -3.22. The van der Waals surface area contributed by atoms with Crippen LogP contribution in [-0.2, 0) is 16.1 Å². The van der Waals surface area contributed by atoms with Crippen LogP contribution < -0.4 is 14.2 Å². The van der Waals surface area contributed by atoms with Crippen LogP contribution in [0.25, 0.3) is 11.1 Å². The Morgan fingerprint density at radius 1 is 1.06 bits per heavy atom. The number of esters is 1. The monoisotopic (exact) mass is 454 g/mol. The second-order valence-corrected chi connectivity index (χ2v) is 9.79. The molecule has 176 valence electrons. The largest absolute Gasteiger partial charge is 0.493 e. The quantitative estimate of drug-likeness (QED) is 0.500. The predicted molar refractivity (Wildman–Crippen MR) is 122 cm³/mol. The van der Waals surface area contributed by atoms with Gasteiger partial charge in [0, 0.05) is 16.5 Å². The van der Waals surface area contributed by atoms with Crippen LogP contribution in [0.2, 0.25) is 0 Å². The number of carbonyl (C=O) groups excluding carboxylic acids is 1. The Kier molecular flexibility index (Phi) is 5.99. The molecule has 0 saturated heterocycles. The molecule has 4 rings (SSSR count). The van der Waals surface area contributed by atoms with Crippen LogP contribution >= 0.6 is 0 Å². The molecule has 1 aliphatic carbocycles. The fraction of sp³-hybridized carbons (Fsp3) is 0.462. The number of aliphatic carboxylic acids is 1. The maximum absolute atomic E-state index is 12.1. The van der Waals surface area contributed by atoms with E-state index in [0.29, 0.717) is 29.4 Å². The SMILES string of the molecule is COc1ccc(-c2cccc3c2COC3=O)c(OCC2(CC(C)(C)CC(=O)O)CC2)c1OC. The number of cyclic esters (lactones) is 1. The van der Waals surface area contributed by atoms with Gasteiger partial charge >= 0.3 is 11.9 Å². The van der Waals surface area contributed by atoms with Crippen molar-refractivity contribution in [1.82, 2.24) is 0 Å². The van der Waals surface area contributed by atoms with E-state index < -0.39 is 5.97 Å². The molecular weight excluding hydrogens is 424 g/mol. The number of carboxylic acid groups (broad SMARTS) is 1. The number of carboxylic acids is 1. The van der Waals surface area contributed by atoms with Crippen molar-refractivity contribution in [2.24, 2.45) is 10.8 Å². The standard InChI is InChI=1S/C26H30O7/c1-25(2,12-21(27)28)14-26(10-11-26)15-33-22-17(8-9-20(30-3)23(22)31-4)16-6-5-7-18-19(16)13-32-24(18)29/h5-9H,10-15H2,1-4H3,(H,27,28). The minimum Gasteiger partial charge on any atom is -0.493 e. The third kappa shape index (κ3) is 4.63. The van der Waals surface area contributed by atoms with E-state index in [0.717, 1.165) is 36.0 Å². The molecule has 2 aromatic carbocycles. The first-order valence-corrected chi connectivity index (χ1v) is 11.1. The molecule has 33 heavy (non-hydrogen) atoms. The summed E-state index contributed by atoms with van der Waals surface area (Å²) in [6.45, 7) is 4.63. The lowest BCUT2D eigenvalue weighted by molar-refractivity contribution is -0.139. The molecule has 1 aliphatic heterocycles. The molecule has 1 N–H and O–H groups in total. The van der Waals surface area contributed by atoms with Crippen molar-refractivity contribution in [3.63, 3.8) is 0 Å². The van der Waals surface area contributed by atoms with Gasteiger partial charge in [-0.05, 0) is 48.4 Å². The molecule has 1 heterocycles. The van der Waals surface area contributed by atoms with Crippen LogP contribution in [0.4, 0.5) is 0 Å². The molecule has 1 saturated carbocycles. The van der Waals surface area contributed by atoms with Crippen molar-refractivity contribution >= 4 is 11.9 Å². The van der Waals surface area contributed by atoms with Gasteiger partial charge in [0.1, 0.15) is 6.61 Å². The normalized spacial score (nSPS) is 16.1. The summed E-state index contributed by atoms with van der Waals surface area (Å²) in [4.78, 5) is 23.4. The zero-order valence-electron chi connectivity index (χ0n) is 19.5. The molecule has 2 aromatic rings. The highest BCUT2D eigenvalue weighted by molar-refractivity contribution is 5.96. The number of hydrogen-bond donors (Lipinski definition) is 1. The van der Waals surface area contributed by atoms with Crippen molar-refractivity contribution in [3.05, 3.63) is 41.5 Å². The van der Waals surface area contributed by atoms with Crippen molar-refractivity contribution in [3.8, 4) is 28.4 Å². The number of benzene rings is 2. The number of rotatable bonds is 10. The van der Waals surface area contributed by atoms with E-state index >= 15 is 0 Å². The number of hydrogen-bond acceptors (Lipinski definition) is 6. The van der Waals surface area contributed by atoms with Gasteiger partial charge in [0.05, 0.1) is 32.8 Å². The van der Waals surface area contributed by atoms with Gasteiger partial charge in [-0.1, -0.05) is 26.0 Å². The van der Waals surface area contributed by atoms with Crippen molar-refractivity contribution < 1.29 is 33.6 Å². The molecule has 1 fully saturated rings. The topological polar surface area (TPSA) is 91.3 Å². The second kappa shape index (κ2) is 8.61. The molecule has 7 nitrogen and oxygen atoms in total. The van der Waals surface area contributed by atoms with E-state index in [1.165, 1.54) is 0 Å². The Balaban J connectivity index is 1.68. The van der Waals surface area contributed by atoms with Crippen molar-refractivity contribution in [2.45, 2.75) is 46.1 Å². The van der Waals surface area contributed by atoms with Gasteiger partial charge < -0.3 is 24.1 Å². The van der Waals surface area contributed by atoms with Crippen LogP contribution in [0.5, 0.6) is 17.2 Å². The minimum atomic E-state index is -0.789. The smallest absolute Gasteiger partial charge is 0.338 e. The van der Waals surface area contributed by atoms with Gasteiger partial charge in [-0.3, -0.25) is 4.79 Å². The van der Waals surface area contributed by atoms with Gasteiger partial charge in [0.25, 0.3) is 0 Å². The van der Waals surface area contributed by atoms with Crippen LogP contribution in [0.3, 0.4) is 0 Å². The highest BCUT2D eigenvalue weighted by Gasteiger charge is 2.47. The molecule has 0 atom stereocenters. The summed E-state index contributed by atoms with van der Waals surface area (Å²) in [5.41, 5.74) is 2.63. The van der Waals surface area contributed by atoms with Crippen molar-refractivity contribution in [2.75, 3.05) is 20.8 Å². The molecule has 7 heteroatoms. The molecule has 0 aromatic heterocycles. The first-order chi connectivity index (χ1) is 15.7. The summed E-state index contributed by atoms with van der Waals surface area (Å²) in [6.07, 6.45) is 2.85.